The minimum Gasteiger partial charge on any atom is -0.345 e. The van der Waals surface area contributed by atoms with Crippen LogP contribution >= 0.6 is 0 Å². The van der Waals surface area contributed by atoms with Gasteiger partial charge in [0.15, 0.2) is 0 Å². The quantitative estimate of drug-likeness (QED) is 0.837. The summed E-state index contributed by atoms with van der Waals surface area (Å²) in [7, 11) is 0. The molecule has 0 saturated heterocycles. The zero-order valence-electron chi connectivity index (χ0n) is 10.6. The molecule has 0 saturated carbocycles. The van der Waals surface area contributed by atoms with Crippen LogP contribution in [-0.4, -0.2) is 17.9 Å². The molecule has 1 aromatic rings. The smallest absolute Gasteiger partial charge is 0.246 e. The van der Waals surface area contributed by atoms with Gasteiger partial charge in [0.1, 0.15) is 6.04 Å². The number of rotatable bonds is 3. The van der Waals surface area contributed by atoms with Crippen molar-refractivity contribution in [2.45, 2.75) is 33.7 Å². The summed E-state index contributed by atoms with van der Waals surface area (Å²) in [6.07, 6.45) is 0. The fourth-order valence-electron chi connectivity index (χ4n) is 1.67. The number of benzene rings is 1. The Bertz CT molecular complexity index is 421. The molecule has 0 aliphatic heterocycles. The average molecular weight is 234 g/mol. The summed E-state index contributed by atoms with van der Waals surface area (Å²) in [5.74, 6) is -0.432. The summed E-state index contributed by atoms with van der Waals surface area (Å²) < 4.78 is 0. The fourth-order valence-corrected chi connectivity index (χ4v) is 1.67. The van der Waals surface area contributed by atoms with Crippen LogP contribution in [0.3, 0.4) is 0 Å². The van der Waals surface area contributed by atoms with Gasteiger partial charge in [-0.05, 0) is 44.0 Å². The Morgan fingerprint density at radius 1 is 1.12 bits per heavy atom. The Balaban J connectivity index is 2.70. The van der Waals surface area contributed by atoms with Crippen molar-refractivity contribution < 1.29 is 9.59 Å². The molecule has 4 heteroatoms. The third-order valence-corrected chi connectivity index (χ3v) is 2.30. The molecule has 2 amide bonds. The van der Waals surface area contributed by atoms with Crippen LogP contribution in [0.1, 0.15) is 25.0 Å². The van der Waals surface area contributed by atoms with E-state index < -0.39 is 6.04 Å². The number of carbonyl (C=O) groups excluding carboxylic acids is 2. The topological polar surface area (TPSA) is 58.2 Å². The maximum atomic E-state index is 11.7. The van der Waals surface area contributed by atoms with E-state index in [0.717, 1.165) is 16.8 Å². The summed E-state index contributed by atoms with van der Waals surface area (Å²) in [6, 6.07) is 5.29. The zero-order chi connectivity index (χ0) is 13.0. The number of amides is 2. The van der Waals surface area contributed by atoms with Crippen molar-refractivity contribution >= 4 is 17.5 Å². The summed E-state index contributed by atoms with van der Waals surface area (Å²) in [6.45, 7) is 6.99. The van der Waals surface area contributed by atoms with E-state index in [1.807, 2.05) is 32.0 Å². The second kappa shape index (κ2) is 5.48. The van der Waals surface area contributed by atoms with Crippen molar-refractivity contribution in [2.75, 3.05) is 5.32 Å². The van der Waals surface area contributed by atoms with E-state index in [2.05, 4.69) is 10.6 Å². The number of carbonyl (C=O) groups is 2. The van der Waals surface area contributed by atoms with E-state index >= 15 is 0 Å². The molecule has 0 bridgehead atoms. The lowest BCUT2D eigenvalue weighted by Crippen LogP contribution is -2.40. The molecule has 17 heavy (non-hydrogen) atoms. The number of hydrogen-bond donors (Lipinski definition) is 2. The number of hydrogen-bond acceptors (Lipinski definition) is 2. The van der Waals surface area contributed by atoms with Gasteiger partial charge in [0.05, 0.1) is 0 Å². The van der Waals surface area contributed by atoms with Crippen LogP contribution in [0.25, 0.3) is 0 Å². The summed E-state index contributed by atoms with van der Waals surface area (Å²) in [5, 5.41) is 5.32. The minimum absolute atomic E-state index is 0.215. The first-order valence-electron chi connectivity index (χ1n) is 5.54. The van der Waals surface area contributed by atoms with Crippen molar-refractivity contribution in [1.29, 1.82) is 0 Å². The van der Waals surface area contributed by atoms with Crippen LogP contribution in [0.4, 0.5) is 5.69 Å². The van der Waals surface area contributed by atoms with Gasteiger partial charge in [-0.2, -0.15) is 0 Å². The highest BCUT2D eigenvalue weighted by atomic mass is 16.2. The first-order valence-corrected chi connectivity index (χ1v) is 5.54. The van der Waals surface area contributed by atoms with Crippen LogP contribution in [0.15, 0.2) is 18.2 Å². The summed E-state index contributed by atoms with van der Waals surface area (Å²) in [5.41, 5.74) is 2.93. The Labute approximate surface area is 101 Å². The second-order valence-electron chi connectivity index (χ2n) is 4.29. The van der Waals surface area contributed by atoms with Crippen molar-refractivity contribution in [3.63, 3.8) is 0 Å². The highest BCUT2D eigenvalue weighted by molar-refractivity contribution is 5.96. The number of nitrogens with one attached hydrogen (secondary N) is 2. The third-order valence-electron chi connectivity index (χ3n) is 2.30. The monoisotopic (exact) mass is 234 g/mol. The van der Waals surface area contributed by atoms with Gasteiger partial charge in [0.2, 0.25) is 11.8 Å². The SMILES string of the molecule is CC(=O)N[C@@H](C)C(=O)Nc1cc(C)cc(C)c1. The van der Waals surface area contributed by atoms with Crippen molar-refractivity contribution in [3.05, 3.63) is 29.3 Å². The van der Waals surface area contributed by atoms with Crippen molar-refractivity contribution in [2.24, 2.45) is 0 Å². The van der Waals surface area contributed by atoms with Crippen LogP contribution in [0.2, 0.25) is 0 Å². The Morgan fingerprint density at radius 2 is 1.65 bits per heavy atom. The molecule has 0 aliphatic rings. The maximum Gasteiger partial charge on any atom is 0.246 e. The Hall–Kier alpha value is -1.84. The molecule has 0 heterocycles. The molecule has 0 spiro atoms. The molecule has 4 nitrogen and oxygen atoms in total. The molecule has 1 aromatic carbocycles. The Kier molecular flexibility index (Phi) is 4.26. The van der Waals surface area contributed by atoms with Crippen LogP contribution < -0.4 is 10.6 Å². The Morgan fingerprint density at radius 3 is 2.12 bits per heavy atom. The average Bonchev–Trinajstić information content (AvgIpc) is 2.14. The first-order chi connectivity index (χ1) is 7.88. The molecule has 1 rings (SSSR count). The molecule has 0 radical (unpaired) electrons. The number of anilines is 1. The molecule has 1 atom stereocenters. The molecule has 0 aromatic heterocycles. The normalized spacial score (nSPS) is 11.8. The molecular formula is C13H18N2O2. The second-order valence-corrected chi connectivity index (χ2v) is 4.29. The fraction of sp³-hybridized carbons (Fsp3) is 0.385. The van der Waals surface area contributed by atoms with Crippen molar-refractivity contribution in [1.82, 2.24) is 5.32 Å². The van der Waals surface area contributed by atoms with E-state index in [-0.39, 0.29) is 11.8 Å². The highest BCUT2D eigenvalue weighted by Crippen LogP contribution is 2.13. The summed E-state index contributed by atoms with van der Waals surface area (Å²) >= 11 is 0. The lowest BCUT2D eigenvalue weighted by Gasteiger charge is -2.13. The van der Waals surface area contributed by atoms with E-state index in [4.69, 9.17) is 0 Å². The molecular weight excluding hydrogens is 216 g/mol. The van der Waals surface area contributed by atoms with Gasteiger partial charge in [0, 0.05) is 12.6 Å². The maximum absolute atomic E-state index is 11.7. The largest absolute Gasteiger partial charge is 0.345 e. The van der Waals surface area contributed by atoms with Gasteiger partial charge in [-0.25, -0.2) is 0 Å². The molecule has 92 valence electrons. The highest BCUT2D eigenvalue weighted by Gasteiger charge is 2.13. The predicted octanol–water partition coefficient (Wildman–Crippen LogP) is 1.77. The lowest BCUT2D eigenvalue weighted by molar-refractivity contribution is -0.124. The van der Waals surface area contributed by atoms with E-state index in [1.54, 1.807) is 6.92 Å². The summed E-state index contributed by atoms with van der Waals surface area (Å²) in [4.78, 5) is 22.6. The number of aryl methyl sites for hydroxylation is 2. The minimum atomic E-state index is -0.534. The van der Waals surface area contributed by atoms with Crippen molar-refractivity contribution in [3.8, 4) is 0 Å². The van der Waals surface area contributed by atoms with Crippen LogP contribution in [-0.2, 0) is 9.59 Å². The van der Waals surface area contributed by atoms with E-state index in [9.17, 15) is 9.59 Å². The molecule has 0 fully saturated rings. The van der Waals surface area contributed by atoms with Gasteiger partial charge in [0.25, 0.3) is 0 Å². The van der Waals surface area contributed by atoms with E-state index in [1.165, 1.54) is 6.92 Å². The lowest BCUT2D eigenvalue weighted by atomic mass is 10.1. The van der Waals surface area contributed by atoms with Gasteiger partial charge < -0.3 is 10.6 Å². The van der Waals surface area contributed by atoms with Crippen LogP contribution in [0, 0.1) is 13.8 Å². The standard InChI is InChI=1S/C13H18N2O2/c1-8-5-9(2)7-12(6-8)15-13(17)10(3)14-11(4)16/h5-7,10H,1-4H3,(H,14,16)(H,15,17)/t10-/m0/s1. The molecule has 2 N–H and O–H groups in total. The van der Waals surface area contributed by atoms with Gasteiger partial charge in [-0.15, -0.1) is 0 Å². The predicted molar refractivity (Wildman–Crippen MR) is 67.8 cm³/mol. The van der Waals surface area contributed by atoms with E-state index in [0.29, 0.717) is 0 Å². The van der Waals surface area contributed by atoms with Gasteiger partial charge in [-0.3, -0.25) is 9.59 Å². The third kappa shape index (κ3) is 4.26. The zero-order valence-corrected chi connectivity index (χ0v) is 10.6. The molecule has 0 aliphatic carbocycles. The molecule has 0 unspecified atom stereocenters. The first kappa shape index (κ1) is 13.2. The van der Waals surface area contributed by atoms with Crippen LogP contribution in [0.5, 0.6) is 0 Å². The van der Waals surface area contributed by atoms with Gasteiger partial charge in [-0.1, -0.05) is 6.07 Å². The van der Waals surface area contributed by atoms with Gasteiger partial charge >= 0.3 is 0 Å².